The van der Waals surface area contributed by atoms with E-state index in [0.717, 1.165) is 25.7 Å². The highest BCUT2D eigenvalue weighted by molar-refractivity contribution is 5.76. The molecule has 0 aliphatic heterocycles. The molecule has 0 aliphatic carbocycles. The minimum atomic E-state index is 0.178. The van der Waals surface area contributed by atoms with E-state index in [4.69, 9.17) is 5.73 Å². The highest BCUT2D eigenvalue weighted by Crippen LogP contribution is 2.10. The van der Waals surface area contributed by atoms with Gasteiger partial charge in [-0.3, -0.25) is 4.79 Å². The Labute approximate surface area is 107 Å². The van der Waals surface area contributed by atoms with Gasteiger partial charge in [-0.1, -0.05) is 46.5 Å². The molecule has 0 saturated heterocycles. The van der Waals surface area contributed by atoms with Crippen LogP contribution in [0.15, 0.2) is 0 Å². The monoisotopic (exact) mass is 242 g/mol. The molecule has 0 aromatic carbocycles. The van der Waals surface area contributed by atoms with Gasteiger partial charge in [0.25, 0.3) is 0 Å². The SMILES string of the molecule is CCCCC(CCC)NC(=O)CC(CC)CN. The van der Waals surface area contributed by atoms with E-state index < -0.39 is 0 Å². The summed E-state index contributed by atoms with van der Waals surface area (Å²) in [7, 11) is 0. The van der Waals surface area contributed by atoms with E-state index in [1.165, 1.54) is 12.8 Å². The van der Waals surface area contributed by atoms with Gasteiger partial charge in [-0.25, -0.2) is 0 Å². The normalized spacial score (nSPS) is 14.4. The highest BCUT2D eigenvalue weighted by atomic mass is 16.1. The first-order valence-electron chi connectivity index (χ1n) is 7.17. The summed E-state index contributed by atoms with van der Waals surface area (Å²) in [5.41, 5.74) is 5.62. The van der Waals surface area contributed by atoms with Gasteiger partial charge in [0, 0.05) is 12.5 Å². The van der Waals surface area contributed by atoms with Crippen LogP contribution in [0, 0.1) is 5.92 Å². The Morgan fingerprint density at radius 2 is 1.88 bits per heavy atom. The second-order valence-electron chi connectivity index (χ2n) is 4.91. The number of carbonyl (C=O) groups excluding carboxylic acids is 1. The van der Waals surface area contributed by atoms with Crippen LogP contribution < -0.4 is 11.1 Å². The standard InChI is InChI=1S/C14H30N2O/c1-4-7-9-13(8-5-2)16-14(17)10-12(6-3)11-15/h12-13H,4-11,15H2,1-3H3,(H,16,17). The zero-order chi connectivity index (χ0) is 13.1. The Bertz CT molecular complexity index is 191. The smallest absolute Gasteiger partial charge is 0.220 e. The van der Waals surface area contributed by atoms with Crippen molar-refractivity contribution in [2.75, 3.05) is 6.54 Å². The van der Waals surface area contributed by atoms with Gasteiger partial charge in [-0.05, 0) is 25.3 Å². The van der Waals surface area contributed by atoms with Crippen molar-refractivity contribution in [1.82, 2.24) is 5.32 Å². The first kappa shape index (κ1) is 16.4. The van der Waals surface area contributed by atoms with Gasteiger partial charge >= 0.3 is 0 Å². The van der Waals surface area contributed by atoms with E-state index in [0.29, 0.717) is 24.9 Å². The molecule has 1 amide bonds. The third-order valence-corrected chi connectivity index (χ3v) is 3.29. The molecule has 0 aromatic rings. The molecule has 3 nitrogen and oxygen atoms in total. The van der Waals surface area contributed by atoms with Crippen molar-refractivity contribution in [2.24, 2.45) is 11.7 Å². The van der Waals surface area contributed by atoms with Gasteiger partial charge in [0.05, 0.1) is 0 Å². The van der Waals surface area contributed by atoms with Crippen molar-refractivity contribution in [3.05, 3.63) is 0 Å². The van der Waals surface area contributed by atoms with Crippen LogP contribution in [-0.4, -0.2) is 18.5 Å². The fourth-order valence-corrected chi connectivity index (χ4v) is 2.03. The van der Waals surface area contributed by atoms with Crippen LogP contribution in [0.3, 0.4) is 0 Å². The van der Waals surface area contributed by atoms with Gasteiger partial charge in [0.2, 0.25) is 5.91 Å². The van der Waals surface area contributed by atoms with Crippen molar-refractivity contribution in [3.63, 3.8) is 0 Å². The number of unbranched alkanes of at least 4 members (excludes halogenated alkanes) is 1. The topological polar surface area (TPSA) is 55.1 Å². The van der Waals surface area contributed by atoms with Gasteiger partial charge in [0.1, 0.15) is 0 Å². The van der Waals surface area contributed by atoms with Crippen molar-refractivity contribution in [1.29, 1.82) is 0 Å². The molecule has 2 atom stereocenters. The molecule has 0 aromatic heterocycles. The van der Waals surface area contributed by atoms with Gasteiger partial charge in [0.15, 0.2) is 0 Å². The average molecular weight is 242 g/mol. The Morgan fingerprint density at radius 3 is 2.35 bits per heavy atom. The number of hydrogen-bond acceptors (Lipinski definition) is 2. The lowest BCUT2D eigenvalue weighted by Crippen LogP contribution is -2.36. The lowest BCUT2D eigenvalue weighted by Gasteiger charge is -2.19. The number of nitrogens with two attached hydrogens (primary N) is 1. The Morgan fingerprint density at radius 1 is 1.18 bits per heavy atom. The quantitative estimate of drug-likeness (QED) is 0.619. The summed E-state index contributed by atoms with van der Waals surface area (Å²) in [5.74, 6) is 0.514. The predicted octanol–water partition coefficient (Wildman–Crippen LogP) is 2.84. The second-order valence-corrected chi connectivity index (χ2v) is 4.91. The van der Waals surface area contributed by atoms with E-state index in [-0.39, 0.29) is 5.91 Å². The van der Waals surface area contributed by atoms with E-state index in [1.807, 2.05) is 0 Å². The molecule has 0 aliphatic rings. The van der Waals surface area contributed by atoms with E-state index in [9.17, 15) is 4.79 Å². The van der Waals surface area contributed by atoms with Crippen LogP contribution in [0.25, 0.3) is 0 Å². The summed E-state index contributed by atoms with van der Waals surface area (Å²) in [6, 6.07) is 0.364. The van der Waals surface area contributed by atoms with Crippen LogP contribution >= 0.6 is 0 Å². The van der Waals surface area contributed by atoms with Crippen molar-refractivity contribution >= 4 is 5.91 Å². The molecule has 0 radical (unpaired) electrons. The molecular weight excluding hydrogens is 212 g/mol. The van der Waals surface area contributed by atoms with Crippen LogP contribution in [0.2, 0.25) is 0 Å². The van der Waals surface area contributed by atoms with E-state index in [1.54, 1.807) is 0 Å². The first-order valence-corrected chi connectivity index (χ1v) is 7.17. The number of hydrogen-bond donors (Lipinski definition) is 2. The summed E-state index contributed by atoms with van der Waals surface area (Å²) in [5, 5.41) is 3.16. The molecule has 0 bridgehead atoms. The summed E-state index contributed by atoms with van der Waals surface area (Å²) < 4.78 is 0. The molecule has 0 heterocycles. The largest absolute Gasteiger partial charge is 0.353 e. The Balaban J connectivity index is 4.01. The lowest BCUT2D eigenvalue weighted by atomic mass is 10.0. The van der Waals surface area contributed by atoms with Gasteiger partial charge in [-0.15, -0.1) is 0 Å². The zero-order valence-electron chi connectivity index (χ0n) is 11.8. The molecule has 17 heavy (non-hydrogen) atoms. The molecule has 102 valence electrons. The fourth-order valence-electron chi connectivity index (χ4n) is 2.03. The molecule has 0 fully saturated rings. The maximum Gasteiger partial charge on any atom is 0.220 e. The van der Waals surface area contributed by atoms with E-state index in [2.05, 4.69) is 26.1 Å². The minimum Gasteiger partial charge on any atom is -0.353 e. The van der Waals surface area contributed by atoms with Gasteiger partial charge < -0.3 is 11.1 Å². The Hall–Kier alpha value is -0.570. The minimum absolute atomic E-state index is 0.178. The lowest BCUT2D eigenvalue weighted by molar-refractivity contribution is -0.122. The maximum absolute atomic E-state index is 11.9. The van der Waals surface area contributed by atoms with Crippen molar-refractivity contribution in [2.45, 2.75) is 71.8 Å². The molecule has 0 rings (SSSR count). The first-order chi connectivity index (χ1) is 8.17. The van der Waals surface area contributed by atoms with Crippen LogP contribution in [0.4, 0.5) is 0 Å². The third kappa shape index (κ3) is 8.19. The summed E-state index contributed by atoms with van der Waals surface area (Å²) in [6.45, 7) is 7.05. The Kier molecular flexibility index (Phi) is 10.2. The molecule has 2 unspecified atom stereocenters. The zero-order valence-corrected chi connectivity index (χ0v) is 11.8. The number of amides is 1. The van der Waals surface area contributed by atoms with Crippen LogP contribution in [-0.2, 0) is 4.79 Å². The molecule has 3 N–H and O–H groups in total. The maximum atomic E-state index is 11.9. The number of carbonyl (C=O) groups is 1. The molecular formula is C14H30N2O. The number of nitrogens with one attached hydrogen (secondary N) is 1. The molecule has 0 saturated carbocycles. The average Bonchev–Trinajstić information content (AvgIpc) is 2.33. The second kappa shape index (κ2) is 10.6. The fraction of sp³-hybridized carbons (Fsp3) is 0.929. The molecule has 3 heteroatoms. The van der Waals surface area contributed by atoms with Crippen LogP contribution in [0.5, 0.6) is 0 Å². The van der Waals surface area contributed by atoms with Crippen molar-refractivity contribution < 1.29 is 4.79 Å². The van der Waals surface area contributed by atoms with Gasteiger partial charge in [-0.2, -0.15) is 0 Å². The summed E-state index contributed by atoms with van der Waals surface area (Å²) in [6.07, 6.45) is 7.27. The van der Waals surface area contributed by atoms with Crippen molar-refractivity contribution in [3.8, 4) is 0 Å². The highest BCUT2D eigenvalue weighted by Gasteiger charge is 2.14. The molecule has 0 spiro atoms. The summed E-state index contributed by atoms with van der Waals surface area (Å²) in [4.78, 5) is 11.9. The predicted molar refractivity (Wildman–Crippen MR) is 73.8 cm³/mol. The third-order valence-electron chi connectivity index (χ3n) is 3.29. The summed E-state index contributed by atoms with van der Waals surface area (Å²) >= 11 is 0. The number of rotatable bonds is 10. The van der Waals surface area contributed by atoms with E-state index >= 15 is 0 Å². The van der Waals surface area contributed by atoms with Crippen LogP contribution in [0.1, 0.15) is 65.7 Å².